The van der Waals surface area contributed by atoms with E-state index in [0.717, 1.165) is 92.3 Å². The Morgan fingerprint density at radius 3 is 1.58 bits per heavy atom. The van der Waals surface area contributed by atoms with Crippen molar-refractivity contribution < 1.29 is 19.1 Å². The Morgan fingerprint density at radius 1 is 0.629 bits per heavy atom. The summed E-state index contributed by atoms with van der Waals surface area (Å²) in [6.45, 7) is 20.8. The molecule has 0 aliphatic rings. The van der Waals surface area contributed by atoms with E-state index in [1.54, 1.807) is 0 Å². The number of aromatic amines is 2. The van der Waals surface area contributed by atoms with E-state index in [1.807, 2.05) is 53.7 Å². The molecule has 0 radical (unpaired) electrons. The molecular weight excluding hydrogens is 779 g/mol. The molecule has 0 fully saturated rings. The molecule has 6 rings (SSSR count). The van der Waals surface area contributed by atoms with Gasteiger partial charge < -0.3 is 41.5 Å². The molecule has 3 aromatic heterocycles. The Hall–Kier alpha value is -5.27. The van der Waals surface area contributed by atoms with E-state index in [2.05, 4.69) is 90.8 Å². The predicted octanol–water partition coefficient (Wildman–Crippen LogP) is 10.3. The number of hydrogen-bond donors (Lipinski definition) is 6. The van der Waals surface area contributed by atoms with Gasteiger partial charge in [-0.15, -0.1) is 0 Å². The number of ether oxygens (including phenoxy) is 2. The van der Waals surface area contributed by atoms with Crippen molar-refractivity contribution in [1.29, 1.82) is 0 Å². The van der Waals surface area contributed by atoms with E-state index in [-0.39, 0.29) is 35.8 Å². The van der Waals surface area contributed by atoms with Crippen LogP contribution in [0.4, 0.5) is 9.59 Å². The van der Waals surface area contributed by atoms with Gasteiger partial charge in [-0.3, -0.25) is 0 Å². The molecule has 0 bridgehead atoms. The molecule has 3 aromatic carbocycles. The zero-order valence-corrected chi connectivity index (χ0v) is 38.4. The molecule has 2 amide bonds. The minimum atomic E-state index is -0.580. The number of benzene rings is 3. The number of carbonyl (C=O) groups is 2. The zero-order valence-electron chi connectivity index (χ0n) is 38.4. The van der Waals surface area contributed by atoms with Crippen molar-refractivity contribution in [3.05, 3.63) is 66.2 Å². The van der Waals surface area contributed by atoms with Gasteiger partial charge in [0.2, 0.25) is 0 Å². The van der Waals surface area contributed by atoms with Crippen LogP contribution in [-0.2, 0) is 9.47 Å². The number of aromatic nitrogens is 5. The third-order valence-electron chi connectivity index (χ3n) is 11.5. The first-order valence-electron chi connectivity index (χ1n) is 22.4. The van der Waals surface area contributed by atoms with E-state index in [9.17, 15) is 9.59 Å². The lowest BCUT2D eigenvalue weighted by Crippen LogP contribution is -2.42. The van der Waals surface area contributed by atoms with Crippen LogP contribution in [0.1, 0.15) is 131 Å². The second-order valence-corrected chi connectivity index (χ2v) is 19.6. The summed E-state index contributed by atoms with van der Waals surface area (Å²) in [5.74, 6) is 2.29. The molecule has 0 saturated carbocycles. The molecule has 13 heteroatoms. The maximum atomic E-state index is 12.8. The number of nitrogens with zero attached hydrogens (tertiary/aromatic N) is 3. The van der Waals surface area contributed by atoms with E-state index in [1.165, 1.54) is 0 Å². The van der Waals surface area contributed by atoms with Crippen LogP contribution >= 0.6 is 0 Å². The van der Waals surface area contributed by atoms with Crippen LogP contribution in [0, 0.1) is 11.8 Å². The first-order valence-corrected chi connectivity index (χ1v) is 22.4. The fourth-order valence-corrected chi connectivity index (χ4v) is 8.23. The fourth-order valence-electron chi connectivity index (χ4n) is 8.23. The maximum Gasteiger partial charge on any atom is 0.407 e. The molecule has 0 aliphatic heterocycles. The van der Waals surface area contributed by atoms with Crippen molar-refractivity contribution >= 4 is 55.9 Å². The average Bonchev–Trinajstić information content (AvgIpc) is 3.84. The van der Waals surface area contributed by atoms with Crippen LogP contribution in [0.2, 0.25) is 0 Å². The minimum Gasteiger partial charge on any atom is -0.444 e. The lowest BCUT2D eigenvalue weighted by atomic mass is 9.89. The smallest absolute Gasteiger partial charge is 0.407 e. The summed E-state index contributed by atoms with van der Waals surface area (Å²) in [5, 5.41) is 9.39. The Kier molecular flexibility index (Phi) is 14.5. The summed E-state index contributed by atoms with van der Waals surface area (Å²) < 4.78 is 11.2. The number of fused-ring (bicyclic) bond motifs is 6. The predicted molar refractivity (Wildman–Crippen MR) is 251 cm³/mol. The maximum absolute atomic E-state index is 12.8. The number of hydrogen-bond acceptors (Lipinski definition) is 9. The first kappa shape index (κ1) is 46.2. The number of amides is 2. The summed E-state index contributed by atoms with van der Waals surface area (Å²) in [6, 6.07) is 18.7. The lowest BCUT2D eigenvalue weighted by molar-refractivity contribution is 0.0472. The van der Waals surface area contributed by atoms with Gasteiger partial charge in [0.15, 0.2) is 0 Å². The highest BCUT2D eigenvalue weighted by atomic mass is 16.6. The molecule has 0 saturated heterocycles. The van der Waals surface area contributed by atoms with Gasteiger partial charge in [0.25, 0.3) is 0 Å². The van der Waals surface area contributed by atoms with Crippen LogP contribution in [0.25, 0.3) is 55.0 Å². The molecule has 13 nitrogen and oxygen atoms in total. The summed E-state index contributed by atoms with van der Waals surface area (Å²) in [4.78, 5) is 48.2. The summed E-state index contributed by atoms with van der Waals surface area (Å²) >= 11 is 0. The van der Waals surface area contributed by atoms with Crippen molar-refractivity contribution in [1.82, 2.24) is 35.6 Å². The number of imidazole rings is 2. The monoisotopic (exact) mass is 848 g/mol. The molecule has 334 valence electrons. The molecule has 0 aliphatic carbocycles. The van der Waals surface area contributed by atoms with E-state index in [4.69, 9.17) is 35.9 Å². The van der Waals surface area contributed by atoms with Crippen LogP contribution in [0.3, 0.4) is 0 Å². The van der Waals surface area contributed by atoms with Crippen LogP contribution < -0.4 is 22.1 Å². The standard InChI is InChI=1S/C49H69N9O4/c1-28(2)40(55-46(59)61-48(5,6)7)26-32(13-11-23-50)44-53-38-19-16-30-25-31(15-17-34(30)42(38)57-44)36-20-18-35-37(52-36)21-22-39-43(35)58-45(54-39)33(14-12-24-51)27-41(29(3)4)56-47(60)62-49(8,9)10/h15-22,25,28-29,32-33,40-41H,11-14,23-24,26-27,50-51H2,1-10H3,(H,53,57)(H,54,58)(H,55,59)(H,56,60)/t32?,33?,40-,41-/m1/s1. The van der Waals surface area contributed by atoms with Crippen LogP contribution in [0.15, 0.2) is 54.6 Å². The molecule has 0 spiro atoms. The molecule has 4 atom stereocenters. The molecule has 3 heterocycles. The number of rotatable bonds is 17. The third-order valence-corrected chi connectivity index (χ3v) is 11.5. The molecule has 6 aromatic rings. The Labute approximate surface area is 366 Å². The van der Waals surface area contributed by atoms with Crippen molar-refractivity contribution in [3.63, 3.8) is 0 Å². The number of H-pyrrole nitrogens is 2. The second-order valence-electron chi connectivity index (χ2n) is 19.6. The van der Waals surface area contributed by atoms with Gasteiger partial charge in [-0.05, 0) is 147 Å². The minimum absolute atomic E-state index is 0.0561. The van der Waals surface area contributed by atoms with Gasteiger partial charge in [-0.1, -0.05) is 45.9 Å². The summed E-state index contributed by atoms with van der Waals surface area (Å²) in [5.41, 5.74) is 17.3. The second kappa shape index (κ2) is 19.4. The van der Waals surface area contributed by atoms with Crippen molar-refractivity contribution in [2.75, 3.05) is 13.1 Å². The van der Waals surface area contributed by atoms with Crippen LogP contribution in [-0.4, -0.2) is 73.5 Å². The lowest BCUT2D eigenvalue weighted by Gasteiger charge is -2.28. The molecule has 62 heavy (non-hydrogen) atoms. The highest BCUT2D eigenvalue weighted by molar-refractivity contribution is 6.06. The van der Waals surface area contributed by atoms with Gasteiger partial charge in [0.1, 0.15) is 22.9 Å². The highest BCUT2D eigenvalue weighted by Crippen LogP contribution is 2.35. The number of nitrogens with two attached hydrogens (primary N) is 2. The third kappa shape index (κ3) is 11.6. The fraction of sp³-hybridized carbons (Fsp3) is 0.531. The average molecular weight is 848 g/mol. The Balaban J connectivity index is 1.26. The molecule has 8 N–H and O–H groups in total. The molecular formula is C49H69N9O4. The van der Waals surface area contributed by atoms with Gasteiger partial charge in [0, 0.05) is 40.3 Å². The number of pyridine rings is 1. The summed E-state index contributed by atoms with van der Waals surface area (Å²) in [6.07, 6.45) is 3.96. The van der Waals surface area contributed by atoms with Crippen molar-refractivity contribution in [3.8, 4) is 11.3 Å². The Bertz CT molecular complexity index is 2300. The quantitative estimate of drug-likeness (QED) is 0.0517. The van der Waals surface area contributed by atoms with Crippen molar-refractivity contribution in [2.24, 2.45) is 23.3 Å². The topological polar surface area (TPSA) is 199 Å². The number of nitrogens with one attached hydrogen (secondary N) is 4. The van der Waals surface area contributed by atoms with E-state index < -0.39 is 23.4 Å². The van der Waals surface area contributed by atoms with E-state index >= 15 is 0 Å². The highest BCUT2D eigenvalue weighted by Gasteiger charge is 2.29. The van der Waals surface area contributed by atoms with Gasteiger partial charge in [0.05, 0.1) is 33.3 Å². The van der Waals surface area contributed by atoms with Gasteiger partial charge in [-0.25, -0.2) is 24.5 Å². The van der Waals surface area contributed by atoms with Gasteiger partial charge >= 0.3 is 12.2 Å². The number of alkyl carbamates (subject to hydrolysis) is 2. The normalized spacial score (nSPS) is 14.5. The SMILES string of the molecule is CC(C)[C@@H](CC(CCCN)c1nc2ccc3cc(-c4ccc5c(ccc6nc(C(CCCN)C[C@@H](NC(=O)OC(C)(C)C)C(C)C)[nH]c65)n4)ccc3c2[nH]1)NC(=O)OC(C)(C)C. The first-order chi connectivity index (χ1) is 29.3. The number of carbonyl (C=O) groups excluding carboxylic acids is 2. The Morgan fingerprint density at radius 2 is 1.10 bits per heavy atom. The molecule has 2 unspecified atom stereocenters. The largest absolute Gasteiger partial charge is 0.444 e. The zero-order chi connectivity index (χ0) is 44.9. The van der Waals surface area contributed by atoms with E-state index in [0.29, 0.717) is 25.9 Å². The van der Waals surface area contributed by atoms with Gasteiger partial charge in [-0.2, -0.15) is 0 Å². The van der Waals surface area contributed by atoms with Crippen molar-refractivity contribution in [2.45, 2.75) is 143 Å². The summed E-state index contributed by atoms with van der Waals surface area (Å²) in [7, 11) is 0. The van der Waals surface area contributed by atoms with Crippen LogP contribution in [0.5, 0.6) is 0 Å².